The Morgan fingerprint density at radius 2 is 2.16 bits per heavy atom. The zero-order chi connectivity index (χ0) is 14.0. The van der Waals surface area contributed by atoms with Crippen LogP contribution in [0.3, 0.4) is 0 Å². The number of ether oxygens (including phenoxy) is 1. The van der Waals surface area contributed by atoms with Crippen LogP contribution in [0.4, 0.5) is 0 Å². The molecule has 0 saturated carbocycles. The molecule has 0 aliphatic carbocycles. The molecule has 0 unspecified atom stereocenters. The predicted octanol–water partition coefficient (Wildman–Crippen LogP) is 2.37. The summed E-state index contributed by atoms with van der Waals surface area (Å²) < 4.78 is 5.55. The molecule has 2 heterocycles. The summed E-state index contributed by atoms with van der Waals surface area (Å²) in [6.45, 7) is 7.46. The van der Waals surface area contributed by atoms with Gasteiger partial charge >= 0.3 is 0 Å². The first kappa shape index (κ1) is 14.5. The Kier molecular flexibility index (Phi) is 4.29. The van der Waals surface area contributed by atoms with E-state index >= 15 is 0 Å². The lowest BCUT2D eigenvalue weighted by Gasteiger charge is -2.24. The van der Waals surface area contributed by atoms with E-state index in [9.17, 15) is 9.59 Å². The Hall–Kier alpha value is -0.900. The molecule has 2 aliphatic rings. The molecule has 4 heteroatoms. The number of rotatable bonds is 5. The van der Waals surface area contributed by atoms with Crippen LogP contribution >= 0.6 is 0 Å². The Morgan fingerprint density at radius 3 is 2.74 bits per heavy atom. The molecule has 0 bridgehead atoms. The van der Waals surface area contributed by atoms with Crippen LogP contribution in [0.15, 0.2) is 0 Å². The van der Waals surface area contributed by atoms with Gasteiger partial charge in [-0.15, -0.1) is 0 Å². The molecule has 2 fully saturated rings. The molecule has 108 valence electrons. The molecule has 2 aliphatic heterocycles. The van der Waals surface area contributed by atoms with Crippen molar-refractivity contribution < 1.29 is 14.3 Å². The second kappa shape index (κ2) is 5.61. The van der Waals surface area contributed by atoms with Crippen LogP contribution < -0.4 is 0 Å². The van der Waals surface area contributed by atoms with Crippen molar-refractivity contribution in [3.8, 4) is 0 Å². The highest BCUT2D eigenvalue weighted by Gasteiger charge is 2.47. The molecule has 19 heavy (non-hydrogen) atoms. The van der Waals surface area contributed by atoms with Crippen molar-refractivity contribution in [3.63, 3.8) is 0 Å². The van der Waals surface area contributed by atoms with E-state index in [1.165, 1.54) is 4.90 Å². The van der Waals surface area contributed by atoms with Gasteiger partial charge < -0.3 is 4.74 Å². The molecule has 2 saturated heterocycles. The first-order chi connectivity index (χ1) is 8.92. The minimum atomic E-state index is -0.484. The summed E-state index contributed by atoms with van der Waals surface area (Å²) in [5.41, 5.74) is -0.484. The number of hydrogen-bond donors (Lipinski definition) is 0. The molecule has 2 amide bonds. The van der Waals surface area contributed by atoms with Gasteiger partial charge in [0.05, 0.1) is 11.5 Å². The lowest BCUT2D eigenvalue weighted by Crippen LogP contribution is -2.36. The van der Waals surface area contributed by atoms with Crippen LogP contribution in [0.5, 0.6) is 0 Å². The first-order valence-electron chi connectivity index (χ1n) is 7.39. The molecule has 0 aromatic carbocycles. The number of nitrogens with zero attached hydrogens (tertiary/aromatic N) is 1. The van der Waals surface area contributed by atoms with E-state index in [1.807, 2.05) is 6.92 Å². The number of likely N-dealkylation sites (tertiary alicyclic amines) is 1. The van der Waals surface area contributed by atoms with Gasteiger partial charge in [-0.25, -0.2) is 0 Å². The summed E-state index contributed by atoms with van der Waals surface area (Å²) in [7, 11) is 0. The van der Waals surface area contributed by atoms with Gasteiger partial charge in [0.2, 0.25) is 11.8 Å². The van der Waals surface area contributed by atoms with E-state index in [0.29, 0.717) is 18.9 Å². The maximum absolute atomic E-state index is 12.4. The fraction of sp³-hybridized carbons (Fsp3) is 0.867. The molecular weight excluding hydrogens is 242 g/mol. The predicted molar refractivity (Wildman–Crippen MR) is 72.5 cm³/mol. The van der Waals surface area contributed by atoms with Gasteiger partial charge in [0.15, 0.2) is 0 Å². The monoisotopic (exact) mass is 267 g/mol. The van der Waals surface area contributed by atoms with Crippen molar-refractivity contribution >= 4 is 11.8 Å². The fourth-order valence-corrected chi connectivity index (χ4v) is 3.38. The van der Waals surface area contributed by atoms with Crippen LogP contribution in [-0.2, 0) is 14.3 Å². The van der Waals surface area contributed by atoms with E-state index in [0.717, 1.165) is 32.3 Å². The molecule has 0 N–H and O–H groups in total. The number of hydrogen-bond acceptors (Lipinski definition) is 3. The van der Waals surface area contributed by atoms with Gasteiger partial charge in [-0.1, -0.05) is 20.8 Å². The zero-order valence-electron chi connectivity index (χ0n) is 12.3. The summed E-state index contributed by atoms with van der Waals surface area (Å²) in [5.74, 6) is 0.440. The third-order valence-corrected chi connectivity index (χ3v) is 4.16. The van der Waals surface area contributed by atoms with Crippen LogP contribution in [0.1, 0.15) is 52.9 Å². The summed E-state index contributed by atoms with van der Waals surface area (Å²) >= 11 is 0. The van der Waals surface area contributed by atoms with E-state index in [4.69, 9.17) is 4.74 Å². The van der Waals surface area contributed by atoms with Crippen molar-refractivity contribution in [1.82, 2.24) is 4.90 Å². The lowest BCUT2D eigenvalue weighted by molar-refractivity contribution is -0.141. The molecule has 2 rings (SSSR count). The fourth-order valence-electron chi connectivity index (χ4n) is 3.38. The van der Waals surface area contributed by atoms with E-state index in [1.54, 1.807) is 0 Å². The topological polar surface area (TPSA) is 46.6 Å². The molecule has 0 aromatic heterocycles. The number of carbonyl (C=O) groups excluding carboxylic acids is 2. The molecule has 4 nitrogen and oxygen atoms in total. The van der Waals surface area contributed by atoms with E-state index in [-0.39, 0.29) is 17.9 Å². The highest BCUT2D eigenvalue weighted by atomic mass is 16.5. The zero-order valence-corrected chi connectivity index (χ0v) is 12.3. The first-order valence-corrected chi connectivity index (χ1v) is 7.39. The minimum absolute atomic E-state index is 0.00820. The quantitative estimate of drug-likeness (QED) is 0.718. The molecule has 2 atom stereocenters. The number of carbonyl (C=O) groups is 2. The average molecular weight is 267 g/mol. The Balaban J connectivity index is 1.93. The molecule has 0 aromatic rings. The smallest absolute Gasteiger partial charge is 0.235 e. The van der Waals surface area contributed by atoms with Crippen LogP contribution in [0.25, 0.3) is 0 Å². The number of imide groups is 1. The second-order valence-electron chi connectivity index (χ2n) is 6.61. The van der Waals surface area contributed by atoms with Crippen molar-refractivity contribution in [1.29, 1.82) is 0 Å². The van der Waals surface area contributed by atoms with Crippen LogP contribution in [0.2, 0.25) is 0 Å². The van der Waals surface area contributed by atoms with Crippen molar-refractivity contribution in [3.05, 3.63) is 0 Å². The highest BCUT2D eigenvalue weighted by Crippen LogP contribution is 2.38. The lowest BCUT2D eigenvalue weighted by atomic mass is 9.80. The largest absolute Gasteiger partial charge is 0.378 e. The SMILES string of the molecule is CC(C)C[C@@]1(C)CC(=O)N(CC[C@H]2CCCO2)C1=O. The second-order valence-corrected chi connectivity index (χ2v) is 6.61. The maximum Gasteiger partial charge on any atom is 0.235 e. The summed E-state index contributed by atoms with van der Waals surface area (Å²) in [4.78, 5) is 26.0. The average Bonchev–Trinajstić information content (AvgIpc) is 2.86. The van der Waals surface area contributed by atoms with Crippen molar-refractivity contribution in [2.45, 2.75) is 59.0 Å². The molecular formula is C15H25NO3. The Morgan fingerprint density at radius 1 is 1.42 bits per heavy atom. The van der Waals surface area contributed by atoms with E-state index < -0.39 is 5.41 Å². The van der Waals surface area contributed by atoms with Gasteiger partial charge in [0, 0.05) is 19.6 Å². The van der Waals surface area contributed by atoms with Crippen molar-refractivity contribution in [2.75, 3.05) is 13.2 Å². The maximum atomic E-state index is 12.4. The third kappa shape index (κ3) is 3.16. The Bertz CT molecular complexity index is 360. The van der Waals surface area contributed by atoms with Gasteiger partial charge in [-0.2, -0.15) is 0 Å². The van der Waals surface area contributed by atoms with Gasteiger partial charge in [0.25, 0.3) is 0 Å². The van der Waals surface area contributed by atoms with Crippen molar-refractivity contribution in [2.24, 2.45) is 11.3 Å². The Labute approximate surface area is 115 Å². The van der Waals surface area contributed by atoms with Gasteiger partial charge in [-0.3, -0.25) is 14.5 Å². The third-order valence-electron chi connectivity index (χ3n) is 4.16. The molecule has 0 radical (unpaired) electrons. The normalized spacial score (nSPS) is 31.8. The summed E-state index contributed by atoms with van der Waals surface area (Å²) in [6.07, 6.45) is 4.33. The van der Waals surface area contributed by atoms with Crippen LogP contribution in [0, 0.1) is 11.3 Å². The van der Waals surface area contributed by atoms with Gasteiger partial charge in [-0.05, 0) is 31.6 Å². The van der Waals surface area contributed by atoms with E-state index in [2.05, 4.69) is 13.8 Å². The standard InChI is InChI=1S/C15H25NO3/c1-11(2)9-15(3)10-13(17)16(14(15)18)7-6-12-5-4-8-19-12/h11-12H,4-10H2,1-3H3/t12-,15+/m1/s1. The highest BCUT2D eigenvalue weighted by molar-refractivity contribution is 6.05. The van der Waals surface area contributed by atoms with Gasteiger partial charge in [0.1, 0.15) is 0 Å². The number of amides is 2. The van der Waals surface area contributed by atoms with Crippen LogP contribution in [-0.4, -0.2) is 36.0 Å². The minimum Gasteiger partial charge on any atom is -0.378 e. The molecule has 0 spiro atoms. The summed E-state index contributed by atoms with van der Waals surface area (Å²) in [5, 5.41) is 0. The summed E-state index contributed by atoms with van der Waals surface area (Å²) in [6, 6.07) is 0.